The quantitative estimate of drug-likeness (QED) is 0.221. The van der Waals surface area contributed by atoms with Crippen LogP contribution in [0.1, 0.15) is 5.56 Å². The Bertz CT molecular complexity index is 632. The molecule has 0 aliphatic rings. The molecule has 1 aromatic rings. The molecule has 9 heteroatoms. The Balaban J connectivity index is 3.43. The van der Waals surface area contributed by atoms with Gasteiger partial charge in [-0.25, -0.2) is 9.38 Å². The van der Waals surface area contributed by atoms with Crippen molar-refractivity contribution in [3.8, 4) is 12.3 Å². The maximum Gasteiger partial charge on any atom is 0.296 e. The lowest BCUT2D eigenvalue weighted by molar-refractivity contribution is -0.384. The van der Waals surface area contributed by atoms with Crippen LogP contribution in [0.2, 0.25) is 0 Å². The number of rotatable bonds is 2. The van der Waals surface area contributed by atoms with Crippen LogP contribution in [0, 0.1) is 38.7 Å². The summed E-state index contributed by atoms with van der Waals surface area (Å²) in [6.45, 7) is 0. The van der Waals surface area contributed by atoms with Crippen LogP contribution in [-0.4, -0.2) is 16.3 Å². The summed E-state index contributed by atoms with van der Waals surface area (Å²) in [5.41, 5.74) is -1.22. The van der Waals surface area contributed by atoms with Gasteiger partial charge >= 0.3 is 0 Å². The fourth-order valence-electron chi connectivity index (χ4n) is 1.15. The van der Waals surface area contributed by atoms with Gasteiger partial charge in [-0.2, -0.15) is 10.5 Å². The molecule has 0 aromatic heterocycles. The lowest BCUT2D eigenvalue weighted by Gasteiger charge is -2.02. The molecule has 0 heterocycles. The van der Waals surface area contributed by atoms with E-state index in [0.717, 1.165) is 23.9 Å². The van der Waals surface area contributed by atoms with Gasteiger partial charge in [0.05, 0.1) is 10.5 Å². The van der Waals surface area contributed by atoms with E-state index in [1.807, 2.05) is 0 Å². The molecule has 0 unspecified atom stereocenters. The molecule has 7 nitrogen and oxygen atoms in total. The van der Waals surface area contributed by atoms with Crippen LogP contribution < -0.4 is 5.32 Å². The molecule has 96 valence electrons. The summed E-state index contributed by atoms with van der Waals surface area (Å²) in [6.07, 6.45) is 3.20. The van der Waals surface area contributed by atoms with Crippen molar-refractivity contribution in [1.29, 1.82) is 10.5 Å². The number of nitriles is 2. The van der Waals surface area contributed by atoms with E-state index < -0.39 is 22.0 Å². The molecule has 0 atom stereocenters. The lowest BCUT2D eigenvalue weighted by Crippen LogP contribution is -2.12. The molecule has 0 aliphatic carbocycles. The summed E-state index contributed by atoms with van der Waals surface area (Å²) in [7, 11) is 0. The van der Waals surface area contributed by atoms with E-state index in [-0.39, 0.29) is 10.9 Å². The standard InChI is InChI=1S/C10H6FN5O2S/c1-19-10(14-5-13)15-8-3-7(11)6(4-12)2-9(8)16(17)18/h2-3H,1H3,(H,14,15). The van der Waals surface area contributed by atoms with Crippen molar-refractivity contribution in [2.75, 3.05) is 6.26 Å². The highest BCUT2D eigenvalue weighted by molar-refractivity contribution is 8.13. The summed E-state index contributed by atoms with van der Waals surface area (Å²) in [5.74, 6) is -0.913. The molecule has 0 amide bonds. The summed E-state index contributed by atoms with van der Waals surface area (Å²) in [6, 6.07) is 3.10. The van der Waals surface area contributed by atoms with Gasteiger partial charge in [0, 0.05) is 12.1 Å². The number of nitro benzene ring substituents is 1. The molecule has 1 N–H and O–H groups in total. The van der Waals surface area contributed by atoms with Gasteiger partial charge in [0.2, 0.25) is 0 Å². The van der Waals surface area contributed by atoms with Crippen molar-refractivity contribution < 1.29 is 9.31 Å². The number of hydrogen-bond donors (Lipinski definition) is 1. The number of halogens is 1. The Labute approximate surface area is 111 Å². The third kappa shape index (κ3) is 3.40. The van der Waals surface area contributed by atoms with Crippen LogP contribution in [0.15, 0.2) is 17.1 Å². The highest BCUT2D eigenvalue weighted by Gasteiger charge is 2.18. The normalized spacial score (nSPS) is 10.4. The Morgan fingerprint density at radius 1 is 1.58 bits per heavy atom. The van der Waals surface area contributed by atoms with Gasteiger partial charge in [0.1, 0.15) is 17.6 Å². The van der Waals surface area contributed by atoms with Crippen molar-refractivity contribution in [2.45, 2.75) is 0 Å². The van der Waals surface area contributed by atoms with E-state index in [1.165, 1.54) is 6.07 Å². The molecule has 0 fully saturated rings. The van der Waals surface area contributed by atoms with Gasteiger partial charge in [-0.1, -0.05) is 11.8 Å². The number of amidine groups is 1. The Morgan fingerprint density at radius 3 is 2.74 bits per heavy atom. The van der Waals surface area contributed by atoms with Crippen LogP contribution >= 0.6 is 11.8 Å². The van der Waals surface area contributed by atoms with Crippen molar-refractivity contribution in [2.24, 2.45) is 4.99 Å². The Morgan fingerprint density at radius 2 is 2.26 bits per heavy atom. The van der Waals surface area contributed by atoms with Crippen molar-refractivity contribution in [3.05, 3.63) is 33.6 Å². The number of thioether (sulfide) groups is 1. The van der Waals surface area contributed by atoms with E-state index in [9.17, 15) is 14.5 Å². The molecule has 1 aromatic carbocycles. The molecular weight excluding hydrogens is 273 g/mol. The first-order valence-electron chi connectivity index (χ1n) is 4.69. The lowest BCUT2D eigenvalue weighted by atomic mass is 10.2. The molecule has 0 bridgehead atoms. The highest BCUT2D eigenvalue weighted by Crippen LogP contribution is 2.30. The number of nitrogens with one attached hydrogen (secondary N) is 1. The third-order valence-electron chi connectivity index (χ3n) is 1.96. The fraction of sp³-hybridized carbons (Fsp3) is 0.100. The Kier molecular flexibility index (Phi) is 4.80. The van der Waals surface area contributed by atoms with Crippen LogP contribution in [0.25, 0.3) is 0 Å². The number of hydrogen-bond acceptors (Lipinski definition) is 6. The summed E-state index contributed by atoms with van der Waals surface area (Å²) in [4.78, 5) is 13.8. The minimum Gasteiger partial charge on any atom is -0.271 e. The second-order valence-corrected chi connectivity index (χ2v) is 3.84. The van der Waals surface area contributed by atoms with Crippen LogP contribution in [0.5, 0.6) is 0 Å². The fourth-order valence-corrected chi connectivity index (χ4v) is 1.49. The van der Waals surface area contributed by atoms with Crippen LogP contribution in [0.4, 0.5) is 15.8 Å². The van der Waals surface area contributed by atoms with Crippen molar-refractivity contribution >= 4 is 28.3 Å². The van der Waals surface area contributed by atoms with Gasteiger partial charge in [0.25, 0.3) is 5.69 Å². The second-order valence-electron chi connectivity index (χ2n) is 3.05. The topological polar surface area (TPSA) is 115 Å². The van der Waals surface area contributed by atoms with Gasteiger partial charge in [-0.15, -0.1) is 0 Å². The van der Waals surface area contributed by atoms with Crippen LogP contribution in [0.3, 0.4) is 0 Å². The molecule has 19 heavy (non-hydrogen) atoms. The van der Waals surface area contributed by atoms with E-state index in [0.29, 0.717) is 0 Å². The third-order valence-corrected chi connectivity index (χ3v) is 2.54. The largest absolute Gasteiger partial charge is 0.296 e. The van der Waals surface area contributed by atoms with E-state index >= 15 is 0 Å². The molecule has 1 rings (SSSR count). The second kappa shape index (κ2) is 6.33. The van der Waals surface area contributed by atoms with Gasteiger partial charge in [-0.05, 0) is 6.26 Å². The van der Waals surface area contributed by atoms with Gasteiger partial charge < -0.3 is 0 Å². The molecule has 0 saturated heterocycles. The maximum atomic E-state index is 13.4. The first-order valence-corrected chi connectivity index (χ1v) is 5.91. The monoisotopic (exact) mass is 279 g/mol. The average Bonchev–Trinajstić information content (AvgIpc) is 2.38. The summed E-state index contributed by atoms with van der Waals surface area (Å²) < 4.78 is 13.4. The maximum absolute atomic E-state index is 13.4. The number of benzene rings is 1. The molecule has 0 aliphatic heterocycles. The smallest absolute Gasteiger partial charge is 0.271 e. The van der Waals surface area contributed by atoms with E-state index in [1.54, 1.807) is 12.4 Å². The predicted octanol–water partition coefficient (Wildman–Crippen LogP) is 2.03. The number of nitrogens with zero attached hydrogens (tertiary/aromatic N) is 4. The zero-order valence-corrected chi connectivity index (χ0v) is 10.4. The first-order chi connectivity index (χ1) is 9.03. The number of aliphatic imine (C=N–C) groups is 1. The molecule has 0 radical (unpaired) electrons. The summed E-state index contributed by atoms with van der Waals surface area (Å²) >= 11 is 1.03. The Hall–Kier alpha value is -2.65. The molecule has 0 saturated carbocycles. The zero-order chi connectivity index (χ0) is 14.4. The van der Waals surface area contributed by atoms with E-state index in [2.05, 4.69) is 10.3 Å². The zero-order valence-electron chi connectivity index (χ0n) is 9.55. The summed E-state index contributed by atoms with van der Waals surface area (Å²) in [5, 5.41) is 30.2. The average molecular weight is 279 g/mol. The van der Waals surface area contributed by atoms with E-state index in [4.69, 9.17) is 10.5 Å². The predicted molar refractivity (Wildman–Crippen MR) is 67.1 cm³/mol. The molecular formula is C10H6FN5O2S. The van der Waals surface area contributed by atoms with Crippen molar-refractivity contribution in [1.82, 2.24) is 5.32 Å². The van der Waals surface area contributed by atoms with Crippen LogP contribution in [-0.2, 0) is 0 Å². The molecule has 0 spiro atoms. The SMILES string of the molecule is CSC(=Nc1cc(F)c(C#N)cc1[N+](=O)[O-])NC#N. The number of nitro groups is 1. The highest BCUT2D eigenvalue weighted by atomic mass is 32.2. The van der Waals surface area contributed by atoms with Gasteiger partial charge in [0.15, 0.2) is 11.4 Å². The first kappa shape index (κ1) is 14.4. The minimum absolute atomic E-state index is 0.0784. The van der Waals surface area contributed by atoms with Gasteiger partial charge in [-0.3, -0.25) is 15.4 Å². The minimum atomic E-state index is -0.913. The van der Waals surface area contributed by atoms with Crippen molar-refractivity contribution in [3.63, 3.8) is 0 Å².